The van der Waals surface area contributed by atoms with E-state index in [1.807, 2.05) is 47.8 Å². The molecular formula is C48H64N8O10S2. The number of nitriles is 1. The summed E-state index contributed by atoms with van der Waals surface area (Å²) in [5, 5.41) is 24.9. The molecule has 4 aliphatic carbocycles. The number of rotatable bonds is 9. The standard InChI is InChI=1S/C24H32N4O5S.C13H13NO.C11H19N3O4S/c1-23(2,3)28-19(24(32-4)13-33-14-24)12-20(26-28)34(30,31)27-22(29)25-21-17-9-5-7-15(17)11-16-8-6-10-18(16)21;14-8-15-13-11-5-1-3-9(11)7-10-4-2-6-12(10)13;1-10(2,3)14-8(11(17-4)6-18-7-11)5-9(13-14)19(12,15)16/h11-12H,5-10,13-14H2,1-4H3,(H2,25,27,29);7H,1-6H2;5H,6-7H2,1-4H3,(H2,12,15,16). The maximum absolute atomic E-state index is 13.2. The molecule has 4 N–H and O–H groups in total. The predicted molar refractivity (Wildman–Crippen MR) is 251 cm³/mol. The van der Waals surface area contributed by atoms with E-state index in [0.29, 0.717) is 37.8 Å². The number of ether oxygens (including phenoxy) is 5. The van der Waals surface area contributed by atoms with Crippen molar-refractivity contribution >= 4 is 31.8 Å². The molecule has 2 fully saturated rings. The van der Waals surface area contributed by atoms with E-state index >= 15 is 0 Å². The normalized spacial score (nSPS) is 18.5. The van der Waals surface area contributed by atoms with Gasteiger partial charge in [-0.2, -0.15) is 18.6 Å². The van der Waals surface area contributed by atoms with Crippen LogP contribution in [-0.4, -0.2) is 83.1 Å². The number of hydrogen-bond acceptors (Lipinski definition) is 13. The first-order chi connectivity index (χ1) is 32.0. The average Bonchev–Trinajstić information content (AvgIpc) is 4.08. The molecule has 0 radical (unpaired) electrons. The number of benzene rings is 2. The first-order valence-electron chi connectivity index (χ1n) is 23.3. The number of aromatic nitrogens is 4. The SMILES string of the molecule is COC1(c2cc(S(=O)(=O)NC(=O)Nc3c4c(cc5c3CCC5)CCC4)nn2C(C)(C)C)COC1.COC1(c2cc(S(N)(=O)=O)nn2C(C)(C)C)COC1.N#COc1c2c(cc3c1CCC3)CCC2. The fraction of sp³-hybridized carbons (Fsp3) is 0.583. The summed E-state index contributed by atoms with van der Waals surface area (Å²) >= 11 is 0. The lowest BCUT2D eigenvalue weighted by Gasteiger charge is -2.41. The second-order valence-electron chi connectivity index (χ2n) is 20.5. The summed E-state index contributed by atoms with van der Waals surface area (Å²) < 4.78 is 81.7. The Bertz CT molecular complexity index is 2800. The number of hydrogen-bond donors (Lipinski definition) is 3. The van der Waals surface area contributed by atoms with Gasteiger partial charge in [-0.25, -0.2) is 23.1 Å². The van der Waals surface area contributed by atoms with Crippen molar-refractivity contribution in [2.75, 3.05) is 46.0 Å². The number of nitrogens with two attached hydrogens (primary N) is 1. The molecule has 0 bridgehead atoms. The molecule has 18 nitrogen and oxygen atoms in total. The van der Waals surface area contributed by atoms with Gasteiger partial charge in [-0.1, -0.05) is 12.1 Å². The summed E-state index contributed by atoms with van der Waals surface area (Å²) in [6.07, 6.45) is 14.6. The fourth-order valence-corrected chi connectivity index (χ4v) is 11.5. The molecule has 68 heavy (non-hydrogen) atoms. The topological polar surface area (TPSA) is 241 Å². The predicted octanol–water partition coefficient (Wildman–Crippen LogP) is 5.68. The van der Waals surface area contributed by atoms with Crippen molar-refractivity contribution in [3.05, 3.63) is 80.2 Å². The summed E-state index contributed by atoms with van der Waals surface area (Å²) in [4.78, 5) is 12.9. The van der Waals surface area contributed by atoms with E-state index in [9.17, 15) is 21.6 Å². The lowest BCUT2D eigenvalue weighted by atomic mass is 9.95. The van der Waals surface area contributed by atoms with Crippen LogP contribution >= 0.6 is 0 Å². The van der Waals surface area contributed by atoms with Crippen LogP contribution in [0.5, 0.6) is 5.75 Å². The first kappa shape index (κ1) is 49.5. The number of aryl methyl sites for hydroxylation is 4. The highest BCUT2D eigenvalue weighted by Gasteiger charge is 2.47. The van der Waals surface area contributed by atoms with E-state index < -0.39 is 42.8 Å². The summed E-state index contributed by atoms with van der Waals surface area (Å²) in [5.74, 6) is 0.903. The highest BCUT2D eigenvalue weighted by Crippen LogP contribution is 2.42. The largest absolute Gasteiger partial charge is 0.387 e. The number of urea groups is 1. The Balaban J connectivity index is 0.000000154. The number of nitrogens with one attached hydrogen (secondary N) is 2. The molecule has 6 aliphatic rings. The molecule has 0 unspecified atom stereocenters. The van der Waals surface area contributed by atoms with Crippen molar-refractivity contribution in [1.82, 2.24) is 24.3 Å². The molecule has 368 valence electrons. The van der Waals surface area contributed by atoms with Crippen LogP contribution in [0.2, 0.25) is 0 Å². The maximum Gasteiger partial charge on any atom is 0.333 e. The number of fused-ring (bicyclic) bond motifs is 4. The fourth-order valence-electron chi connectivity index (χ4n) is 10.2. The van der Waals surface area contributed by atoms with E-state index in [-0.39, 0.29) is 15.6 Å². The number of methoxy groups -OCH3 is 2. The molecule has 4 aromatic rings. The van der Waals surface area contributed by atoms with Crippen molar-refractivity contribution in [2.45, 2.75) is 151 Å². The minimum atomic E-state index is -4.21. The van der Waals surface area contributed by atoms with Crippen LogP contribution in [0.4, 0.5) is 10.5 Å². The van der Waals surface area contributed by atoms with Gasteiger partial charge in [0.15, 0.2) is 21.3 Å². The lowest BCUT2D eigenvalue weighted by Crippen LogP contribution is -2.50. The molecule has 0 atom stereocenters. The van der Waals surface area contributed by atoms with E-state index in [0.717, 1.165) is 86.8 Å². The van der Waals surface area contributed by atoms with Crippen molar-refractivity contribution < 1.29 is 45.3 Å². The van der Waals surface area contributed by atoms with E-state index in [4.69, 9.17) is 34.1 Å². The Labute approximate surface area is 399 Å². The molecule has 4 heterocycles. The summed E-state index contributed by atoms with van der Waals surface area (Å²) in [5.41, 5.74) is 10.0. The first-order valence-corrected chi connectivity index (χ1v) is 26.3. The quantitative estimate of drug-likeness (QED) is 0.171. The van der Waals surface area contributed by atoms with Gasteiger partial charge in [-0.15, -0.1) is 5.26 Å². The lowest BCUT2D eigenvalue weighted by molar-refractivity contribution is -0.207. The number of amides is 2. The maximum atomic E-state index is 13.2. The van der Waals surface area contributed by atoms with Crippen LogP contribution in [0.3, 0.4) is 0 Å². The molecule has 10 rings (SSSR count). The zero-order chi connectivity index (χ0) is 49.0. The van der Waals surface area contributed by atoms with Crippen LogP contribution in [0, 0.1) is 11.5 Å². The molecule has 2 aliphatic heterocycles. The molecule has 0 saturated carbocycles. The van der Waals surface area contributed by atoms with Crippen molar-refractivity contribution in [1.29, 1.82) is 5.26 Å². The zero-order valence-electron chi connectivity index (χ0n) is 40.3. The molecular weight excluding hydrogens is 913 g/mol. The number of nitrogens with zero attached hydrogens (tertiary/aromatic N) is 5. The van der Waals surface area contributed by atoms with Crippen molar-refractivity contribution in [3.8, 4) is 12.0 Å². The van der Waals surface area contributed by atoms with Gasteiger partial charge in [0.2, 0.25) is 0 Å². The van der Waals surface area contributed by atoms with Crippen LogP contribution in [-0.2, 0) is 113 Å². The summed E-state index contributed by atoms with van der Waals surface area (Å²) in [6.45, 7) is 12.9. The third-order valence-corrected chi connectivity index (χ3v) is 15.8. The Morgan fingerprint density at radius 2 is 1.07 bits per heavy atom. The van der Waals surface area contributed by atoms with Gasteiger partial charge in [0.1, 0.15) is 5.75 Å². The van der Waals surface area contributed by atoms with Gasteiger partial charge < -0.3 is 29.0 Å². The highest BCUT2D eigenvalue weighted by atomic mass is 32.2. The Morgan fingerprint density at radius 1 is 0.676 bits per heavy atom. The van der Waals surface area contributed by atoms with Gasteiger partial charge in [0.25, 0.3) is 26.3 Å². The molecule has 2 aromatic carbocycles. The third kappa shape index (κ3) is 9.42. The van der Waals surface area contributed by atoms with Gasteiger partial charge in [-0.05, 0) is 163 Å². The van der Waals surface area contributed by atoms with Crippen LogP contribution in [0.25, 0.3) is 0 Å². The van der Waals surface area contributed by atoms with E-state index in [1.54, 1.807) is 23.6 Å². The summed E-state index contributed by atoms with van der Waals surface area (Å²) in [7, 11) is -4.92. The third-order valence-electron chi connectivity index (χ3n) is 13.8. The van der Waals surface area contributed by atoms with E-state index in [2.05, 4.69) is 32.4 Å². The molecule has 2 amide bonds. The van der Waals surface area contributed by atoms with Crippen molar-refractivity contribution in [3.63, 3.8) is 0 Å². The highest BCUT2D eigenvalue weighted by molar-refractivity contribution is 7.90. The van der Waals surface area contributed by atoms with Gasteiger partial charge in [-0.3, -0.25) is 9.36 Å². The average molecular weight is 977 g/mol. The van der Waals surface area contributed by atoms with E-state index in [1.165, 1.54) is 58.4 Å². The number of anilines is 1. The number of primary sulfonamides is 1. The van der Waals surface area contributed by atoms with Crippen LogP contribution in [0.15, 0.2) is 34.3 Å². The minimum absolute atomic E-state index is 0.152. The molecule has 2 saturated heterocycles. The second-order valence-corrected chi connectivity index (χ2v) is 23.6. The van der Waals surface area contributed by atoms with Gasteiger partial charge in [0, 0.05) is 32.0 Å². The van der Waals surface area contributed by atoms with Crippen LogP contribution < -0.4 is 19.9 Å². The molecule has 2 aromatic heterocycles. The van der Waals surface area contributed by atoms with Gasteiger partial charge in [0.05, 0.1) is 48.9 Å². The minimum Gasteiger partial charge on any atom is -0.387 e. The second kappa shape index (κ2) is 18.5. The molecule has 0 spiro atoms. The Kier molecular flexibility index (Phi) is 13.4. The Hall–Kier alpha value is -4.88. The van der Waals surface area contributed by atoms with Gasteiger partial charge >= 0.3 is 6.03 Å². The zero-order valence-corrected chi connectivity index (χ0v) is 42.0. The number of sulfonamides is 2. The van der Waals surface area contributed by atoms with Crippen LogP contribution in [0.1, 0.15) is 123 Å². The monoisotopic (exact) mass is 976 g/mol. The molecule has 20 heteroatoms. The number of carbonyl (C=O) groups excluding carboxylic acids is 1. The summed E-state index contributed by atoms with van der Waals surface area (Å²) in [6, 6.07) is 6.78. The number of carbonyl (C=O) groups is 1. The van der Waals surface area contributed by atoms with Crippen molar-refractivity contribution in [2.24, 2.45) is 5.14 Å². The Morgan fingerprint density at radius 3 is 1.44 bits per heavy atom. The smallest absolute Gasteiger partial charge is 0.333 e.